The number of ether oxygens (including phenoxy) is 1. The number of nitro groups is 1. The summed E-state index contributed by atoms with van der Waals surface area (Å²) in [5.41, 5.74) is 0.157. The smallest absolute Gasteiger partial charge is 0.345 e. The van der Waals surface area contributed by atoms with Gasteiger partial charge in [0.05, 0.1) is 28.0 Å². The number of carbonyl (C=O) groups excluding carboxylic acids is 3. The summed E-state index contributed by atoms with van der Waals surface area (Å²) in [7, 11) is 0. The molecule has 1 heterocycles. The topological polar surface area (TPSA) is 107 Å². The number of hydrogen-bond acceptors (Lipinski definition) is 6. The predicted octanol–water partition coefficient (Wildman–Crippen LogP) is 3.13. The van der Waals surface area contributed by atoms with Crippen LogP contribution in [0.2, 0.25) is 0 Å². The van der Waals surface area contributed by atoms with Gasteiger partial charge in [-0.1, -0.05) is 24.3 Å². The minimum atomic E-state index is -0.752. The van der Waals surface area contributed by atoms with E-state index in [1.165, 1.54) is 30.3 Å². The molecule has 0 aromatic heterocycles. The number of esters is 1. The fraction of sp³-hybridized carbons (Fsp3) is 0.227. The molecule has 5 rings (SSSR count). The predicted molar refractivity (Wildman–Crippen MR) is 105 cm³/mol. The van der Waals surface area contributed by atoms with E-state index in [4.69, 9.17) is 4.74 Å². The lowest BCUT2D eigenvalue weighted by Crippen LogP contribution is -2.34. The highest BCUT2D eigenvalue weighted by Crippen LogP contribution is 2.53. The molecule has 150 valence electrons. The number of rotatable bonds is 4. The summed E-state index contributed by atoms with van der Waals surface area (Å²) < 4.78 is 5.33. The van der Waals surface area contributed by atoms with Gasteiger partial charge in [0.25, 0.3) is 5.69 Å². The quantitative estimate of drug-likeness (QED) is 0.194. The summed E-state index contributed by atoms with van der Waals surface area (Å²) >= 11 is 0. The molecule has 1 saturated carbocycles. The third-order valence-electron chi connectivity index (χ3n) is 6.09. The second-order valence-electron chi connectivity index (χ2n) is 7.67. The molecule has 0 radical (unpaired) electrons. The highest BCUT2D eigenvalue weighted by Gasteiger charge is 2.59. The third-order valence-corrected chi connectivity index (χ3v) is 6.09. The summed E-state index contributed by atoms with van der Waals surface area (Å²) in [5, 5.41) is 10.8. The van der Waals surface area contributed by atoms with E-state index in [0.29, 0.717) is 0 Å². The van der Waals surface area contributed by atoms with Crippen molar-refractivity contribution in [3.63, 3.8) is 0 Å². The minimum Gasteiger partial charge on any atom is -0.423 e. The SMILES string of the molecule is O=C(Oc1ccc([N+](=O)[O-])cc1)c1ccccc1N1C(=O)[C@@H]2[C@@H](C1=O)[C@H]1C=C[C@H]2C1. The van der Waals surface area contributed by atoms with Gasteiger partial charge in [-0.15, -0.1) is 0 Å². The van der Waals surface area contributed by atoms with Crippen molar-refractivity contribution in [1.82, 2.24) is 0 Å². The molecule has 8 heteroatoms. The summed E-state index contributed by atoms with van der Waals surface area (Å²) in [6.07, 6.45) is 4.84. The molecule has 3 aliphatic rings. The van der Waals surface area contributed by atoms with E-state index in [9.17, 15) is 24.5 Å². The van der Waals surface area contributed by atoms with Crippen molar-refractivity contribution in [2.24, 2.45) is 23.7 Å². The number of benzene rings is 2. The Morgan fingerprint density at radius 1 is 0.967 bits per heavy atom. The first-order chi connectivity index (χ1) is 14.5. The zero-order chi connectivity index (χ0) is 21.0. The molecular weight excluding hydrogens is 388 g/mol. The molecule has 2 fully saturated rings. The minimum absolute atomic E-state index is 0.0701. The normalized spacial score (nSPS) is 26.2. The van der Waals surface area contributed by atoms with Gasteiger partial charge in [0, 0.05) is 12.1 Å². The fourth-order valence-electron chi connectivity index (χ4n) is 4.78. The van der Waals surface area contributed by atoms with Crippen molar-refractivity contribution in [2.45, 2.75) is 6.42 Å². The number of allylic oxidation sites excluding steroid dienone is 2. The maximum absolute atomic E-state index is 13.1. The molecule has 1 saturated heterocycles. The van der Waals surface area contributed by atoms with Gasteiger partial charge in [-0.25, -0.2) is 9.69 Å². The Labute approximate surface area is 170 Å². The highest BCUT2D eigenvalue weighted by atomic mass is 16.6. The Morgan fingerprint density at radius 2 is 1.57 bits per heavy atom. The lowest BCUT2D eigenvalue weighted by molar-refractivity contribution is -0.384. The first-order valence-corrected chi connectivity index (χ1v) is 9.57. The van der Waals surface area contributed by atoms with Gasteiger partial charge in [-0.05, 0) is 42.5 Å². The number of imide groups is 1. The molecule has 1 aliphatic heterocycles. The maximum atomic E-state index is 13.1. The van der Waals surface area contributed by atoms with Crippen LogP contribution in [-0.4, -0.2) is 22.7 Å². The Balaban J connectivity index is 1.43. The van der Waals surface area contributed by atoms with E-state index < -0.39 is 10.9 Å². The molecule has 0 spiro atoms. The Hall–Kier alpha value is -3.81. The van der Waals surface area contributed by atoms with E-state index >= 15 is 0 Å². The first kappa shape index (κ1) is 18.2. The molecule has 2 amide bonds. The lowest BCUT2D eigenvalue weighted by Gasteiger charge is -2.19. The van der Waals surface area contributed by atoms with Gasteiger partial charge in [0.1, 0.15) is 5.75 Å². The van der Waals surface area contributed by atoms with Crippen LogP contribution < -0.4 is 9.64 Å². The Kier molecular flexibility index (Phi) is 4.02. The van der Waals surface area contributed by atoms with Crippen LogP contribution >= 0.6 is 0 Å². The molecule has 8 nitrogen and oxygen atoms in total. The van der Waals surface area contributed by atoms with Crippen LogP contribution in [0, 0.1) is 33.8 Å². The average molecular weight is 404 g/mol. The number of hydrogen-bond donors (Lipinski definition) is 0. The van der Waals surface area contributed by atoms with E-state index in [0.717, 1.165) is 11.3 Å². The van der Waals surface area contributed by atoms with E-state index in [1.54, 1.807) is 18.2 Å². The van der Waals surface area contributed by atoms with E-state index in [-0.39, 0.29) is 58.2 Å². The van der Waals surface area contributed by atoms with E-state index in [2.05, 4.69) is 0 Å². The van der Waals surface area contributed by atoms with Crippen molar-refractivity contribution in [1.29, 1.82) is 0 Å². The number of fused-ring (bicyclic) bond motifs is 5. The monoisotopic (exact) mass is 404 g/mol. The van der Waals surface area contributed by atoms with Gasteiger partial charge in [-0.2, -0.15) is 0 Å². The first-order valence-electron chi connectivity index (χ1n) is 9.57. The van der Waals surface area contributed by atoms with Gasteiger partial charge in [0.15, 0.2) is 0 Å². The molecule has 0 N–H and O–H groups in total. The van der Waals surface area contributed by atoms with Crippen LogP contribution in [0.3, 0.4) is 0 Å². The van der Waals surface area contributed by atoms with Gasteiger partial charge >= 0.3 is 5.97 Å². The number of carbonyl (C=O) groups is 3. The molecule has 30 heavy (non-hydrogen) atoms. The van der Waals surface area contributed by atoms with Gasteiger partial charge < -0.3 is 4.74 Å². The summed E-state index contributed by atoms with van der Waals surface area (Å²) in [4.78, 5) is 50.3. The van der Waals surface area contributed by atoms with Crippen molar-refractivity contribution in [3.05, 3.63) is 76.4 Å². The van der Waals surface area contributed by atoms with Gasteiger partial charge in [-0.3, -0.25) is 19.7 Å². The van der Waals surface area contributed by atoms with Crippen LogP contribution in [-0.2, 0) is 9.59 Å². The highest BCUT2D eigenvalue weighted by molar-refractivity contribution is 6.24. The van der Waals surface area contributed by atoms with Crippen LogP contribution in [0.1, 0.15) is 16.8 Å². The van der Waals surface area contributed by atoms with Crippen LogP contribution in [0.4, 0.5) is 11.4 Å². The maximum Gasteiger partial charge on any atom is 0.345 e. The third kappa shape index (κ3) is 2.64. The fourth-order valence-corrected chi connectivity index (χ4v) is 4.78. The molecular formula is C22H16N2O6. The van der Waals surface area contributed by atoms with Crippen molar-refractivity contribution < 1.29 is 24.0 Å². The number of nitro benzene ring substituents is 1. The van der Waals surface area contributed by atoms with Crippen LogP contribution in [0.5, 0.6) is 5.75 Å². The lowest BCUT2D eigenvalue weighted by atomic mass is 9.85. The van der Waals surface area contributed by atoms with E-state index in [1.807, 2.05) is 12.2 Å². The summed E-state index contributed by atoms with van der Waals surface area (Å²) in [6, 6.07) is 11.4. The van der Waals surface area contributed by atoms with Gasteiger partial charge in [0.2, 0.25) is 11.8 Å². The number of amides is 2. The standard InChI is InChI=1S/C22H16N2O6/c25-20-18-12-5-6-13(11-12)19(18)21(26)23(20)17-4-2-1-3-16(17)22(27)30-15-9-7-14(8-10-15)24(28)29/h1-10,12-13,18-19H,11H2/t12-,13-,18-,19-/m0/s1. The van der Waals surface area contributed by atoms with Crippen molar-refractivity contribution >= 4 is 29.2 Å². The zero-order valence-electron chi connectivity index (χ0n) is 15.6. The molecule has 2 aromatic carbocycles. The molecule has 2 bridgehead atoms. The van der Waals surface area contributed by atoms with Crippen LogP contribution in [0.15, 0.2) is 60.7 Å². The number of para-hydroxylation sites is 1. The second kappa shape index (κ2) is 6.62. The van der Waals surface area contributed by atoms with Crippen LogP contribution in [0.25, 0.3) is 0 Å². The number of nitrogens with zero attached hydrogens (tertiary/aromatic N) is 2. The average Bonchev–Trinajstić information content (AvgIpc) is 3.42. The molecule has 4 atom stereocenters. The number of non-ortho nitro benzene ring substituents is 1. The Morgan fingerprint density at radius 3 is 2.17 bits per heavy atom. The Bertz CT molecular complexity index is 1090. The largest absolute Gasteiger partial charge is 0.423 e. The summed E-state index contributed by atoms with van der Waals surface area (Å²) in [5.74, 6) is -1.79. The second-order valence-corrected chi connectivity index (χ2v) is 7.67. The molecule has 2 aliphatic carbocycles. The number of anilines is 1. The zero-order valence-corrected chi connectivity index (χ0v) is 15.6. The molecule has 2 aromatic rings. The molecule has 0 unspecified atom stereocenters. The summed E-state index contributed by atoms with van der Waals surface area (Å²) in [6.45, 7) is 0. The van der Waals surface area contributed by atoms with Crippen molar-refractivity contribution in [3.8, 4) is 5.75 Å². The van der Waals surface area contributed by atoms with Crippen molar-refractivity contribution in [2.75, 3.05) is 4.90 Å².